The van der Waals surface area contributed by atoms with Crippen LogP contribution in [0, 0.1) is 29.1 Å². The van der Waals surface area contributed by atoms with Gasteiger partial charge in [0.15, 0.2) is 0 Å². The molecule has 2 spiro atoms. The standard InChI is InChI=1S/C52H49NS/c1-49(2)25-26-50(3,4)42-30-37(23-24-40(42)49)53(36-21-19-34(20-22-36)39-14-9-12-33-11-5-6-13-38(33)39)43-16-10-18-45-48(43)52(41-15-7-8-17-44(41)54-45)46-28-32-27-35-29-47(52)51(35,46)31-32/h5-24,30,32,35,46-47H,25-29,31H2,1-4H3. The van der Waals surface area contributed by atoms with Crippen molar-refractivity contribution in [3.63, 3.8) is 0 Å². The molecule has 6 aromatic carbocycles. The third-order valence-corrected chi connectivity index (χ3v) is 17.2. The summed E-state index contributed by atoms with van der Waals surface area (Å²) < 4.78 is 0. The highest BCUT2D eigenvalue weighted by atomic mass is 32.2. The fourth-order valence-electron chi connectivity index (χ4n) is 13.7. The molecule has 0 radical (unpaired) electrons. The Morgan fingerprint density at radius 1 is 0.593 bits per heavy atom. The summed E-state index contributed by atoms with van der Waals surface area (Å²) in [5.41, 5.74) is 13.7. The first-order valence-electron chi connectivity index (χ1n) is 20.6. The van der Waals surface area contributed by atoms with Crippen LogP contribution < -0.4 is 4.90 Å². The van der Waals surface area contributed by atoms with Gasteiger partial charge in [-0.2, -0.15) is 0 Å². The van der Waals surface area contributed by atoms with E-state index in [2.05, 4.69) is 160 Å². The number of nitrogens with zero attached hydrogens (tertiary/aromatic N) is 1. The Hall–Kier alpha value is -4.27. The summed E-state index contributed by atoms with van der Waals surface area (Å²) in [6.07, 6.45) is 8.22. The Labute approximate surface area is 325 Å². The van der Waals surface area contributed by atoms with Crippen molar-refractivity contribution in [3.05, 3.63) is 150 Å². The third kappa shape index (κ3) is 3.94. The molecule has 0 saturated heterocycles. The first-order valence-corrected chi connectivity index (χ1v) is 21.5. The Morgan fingerprint density at radius 2 is 1.30 bits per heavy atom. The van der Waals surface area contributed by atoms with Crippen molar-refractivity contribution in [2.75, 3.05) is 4.90 Å². The Morgan fingerprint density at radius 3 is 2.15 bits per heavy atom. The molecular weight excluding hydrogens is 671 g/mol. The van der Waals surface area contributed by atoms with E-state index in [0.717, 1.165) is 23.7 Å². The lowest BCUT2D eigenvalue weighted by Gasteiger charge is -2.78. The van der Waals surface area contributed by atoms with E-state index in [1.807, 2.05) is 11.8 Å². The van der Waals surface area contributed by atoms with Crippen molar-refractivity contribution in [1.82, 2.24) is 0 Å². The van der Waals surface area contributed by atoms with Gasteiger partial charge in [-0.05, 0) is 159 Å². The third-order valence-electron chi connectivity index (χ3n) is 16.0. The minimum atomic E-state index is 0.0794. The van der Waals surface area contributed by atoms with Gasteiger partial charge in [-0.15, -0.1) is 0 Å². The lowest BCUT2D eigenvalue weighted by Crippen LogP contribution is -2.74. The molecule has 0 N–H and O–H groups in total. The Kier molecular flexibility index (Phi) is 6.36. The summed E-state index contributed by atoms with van der Waals surface area (Å²) in [4.78, 5) is 5.64. The zero-order valence-electron chi connectivity index (χ0n) is 32.0. The van der Waals surface area contributed by atoms with Gasteiger partial charge in [0.05, 0.1) is 5.69 Å². The molecule has 0 aromatic heterocycles. The van der Waals surface area contributed by atoms with E-state index < -0.39 is 0 Å². The summed E-state index contributed by atoms with van der Waals surface area (Å²) in [6, 6.07) is 49.4. The molecule has 0 amide bonds. The minimum Gasteiger partial charge on any atom is -0.310 e. The molecule has 6 aliphatic rings. The molecule has 6 aromatic rings. The molecule has 4 fully saturated rings. The van der Waals surface area contributed by atoms with Gasteiger partial charge in [0.1, 0.15) is 0 Å². The maximum atomic E-state index is 2.67. The SMILES string of the molecule is CC1(C)CCC(C)(C)c2cc(N(c3ccc(-c4cccc5ccccc45)cc3)c3cccc4c3C3(c5ccccc5S4)C4CC5CC6CC3C64C5)ccc21. The van der Waals surface area contributed by atoms with Crippen LogP contribution in [-0.4, -0.2) is 0 Å². The van der Waals surface area contributed by atoms with Crippen molar-refractivity contribution in [3.8, 4) is 11.1 Å². The first-order chi connectivity index (χ1) is 26.2. The van der Waals surface area contributed by atoms with E-state index in [1.165, 1.54) is 98.4 Å². The summed E-state index contributed by atoms with van der Waals surface area (Å²) in [5, 5.41) is 2.60. The molecule has 5 aliphatic carbocycles. The van der Waals surface area contributed by atoms with Gasteiger partial charge < -0.3 is 4.90 Å². The lowest BCUT2D eigenvalue weighted by molar-refractivity contribution is -0.234. The summed E-state index contributed by atoms with van der Waals surface area (Å²) in [5.74, 6) is 3.37. The molecule has 1 nitrogen and oxygen atoms in total. The van der Waals surface area contributed by atoms with Gasteiger partial charge in [0.25, 0.3) is 0 Å². The van der Waals surface area contributed by atoms with Crippen LogP contribution >= 0.6 is 11.8 Å². The second-order valence-electron chi connectivity index (χ2n) is 19.2. The Bertz CT molecular complexity index is 2540. The summed E-state index contributed by atoms with van der Waals surface area (Å²) >= 11 is 2.02. The van der Waals surface area contributed by atoms with Crippen molar-refractivity contribution in [1.29, 1.82) is 0 Å². The van der Waals surface area contributed by atoms with E-state index in [1.54, 1.807) is 11.1 Å². The zero-order valence-corrected chi connectivity index (χ0v) is 32.8. The minimum absolute atomic E-state index is 0.0794. The van der Waals surface area contributed by atoms with E-state index >= 15 is 0 Å². The quantitative estimate of drug-likeness (QED) is 0.178. The molecule has 1 aliphatic heterocycles. The molecule has 2 heteroatoms. The molecule has 268 valence electrons. The predicted molar refractivity (Wildman–Crippen MR) is 226 cm³/mol. The molecule has 6 unspecified atom stereocenters. The highest BCUT2D eigenvalue weighted by Gasteiger charge is 2.84. The number of anilines is 3. The molecule has 4 saturated carbocycles. The second-order valence-corrected chi connectivity index (χ2v) is 20.3. The van der Waals surface area contributed by atoms with E-state index in [-0.39, 0.29) is 16.2 Å². The number of hydrogen-bond acceptors (Lipinski definition) is 2. The zero-order chi connectivity index (χ0) is 36.2. The van der Waals surface area contributed by atoms with Gasteiger partial charge in [-0.25, -0.2) is 0 Å². The average Bonchev–Trinajstić information content (AvgIpc) is 3.72. The van der Waals surface area contributed by atoms with Gasteiger partial charge in [0.2, 0.25) is 0 Å². The van der Waals surface area contributed by atoms with Crippen molar-refractivity contribution in [2.45, 2.75) is 92.3 Å². The van der Waals surface area contributed by atoms with Gasteiger partial charge in [0, 0.05) is 32.1 Å². The van der Waals surface area contributed by atoms with Crippen LogP contribution in [0.2, 0.25) is 0 Å². The molecular formula is C52H49NS. The van der Waals surface area contributed by atoms with E-state index in [9.17, 15) is 0 Å². The number of benzene rings is 6. The van der Waals surface area contributed by atoms with E-state index in [4.69, 9.17) is 0 Å². The average molecular weight is 720 g/mol. The molecule has 1 heterocycles. The monoisotopic (exact) mass is 719 g/mol. The predicted octanol–water partition coefficient (Wildman–Crippen LogP) is 14.1. The lowest BCUT2D eigenvalue weighted by atomic mass is 9.26. The highest BCUT2D eigenvalue weighted by Crippen LogP contribution is 2.89. The van der Waals surface area contributed by atoms with Crippen molar-refractivity contribution in [2.24, 2.45) is 29.1 Å². The largest absolute Gasteiger partial charge is 0.310 e. The van der Waals surface area contributed by atoms with Crippen molar-refractivity contribution < 1.29 is 0 Å². The van der Waals surface area contributed by atoms with Gasteiger partial charge >= 0.3 is 0 Å². The van der Waals surface area contributed by atoms with E-state index in [0.29, 0.717) is 5.41 Å². The number of hydrogen-bond donors (Lipinski definition) is 0. The summed E-state index contributed by atoms with van der Waals surface area (Å²) in [6.45, 7) is 9.84. The van der Waals surface area contributed by atoms with Crippen LogP contribution in [-0.2, 0) is 16.2 Å². The van der Waals surface area contributed by atoms with Crippen molar-refractivity contribution >= 4 is 39.6 Å². The topological polar surface area (TPSA) is 3.24 Å². The van der Waals surface area contributed by atoms with Crippen LogP contribution in [0.15, 0.2) is 137 Å². The van der Waals surface area contributed by atoms with Crippen LogP contribution in [0.1, 0.15) is 88.5 Å². The van der Waals surface area contributed by atoms with Crippen LogP contribution in [0.5, 0.6) is 0 Å². The van der Waals surface area contributed by atoms with Gasteiger partial charge in [-0.1, -0.05) is 124 Å². The first kappa shape index (κ1) is 32.0. The summed E-state index contributed by atoms with van der Waals surface area (Å²) in [7, 11) is 0. The second kappa shape index (κ2) is 10.7. The smallest absolute Gasteiger partial charge is 0.0514 e. The van der Waals surface area contributed by atoms with Crippen LogP contribution in [0.4, 0.5) is 17.1 Å². The molecule has 12 rings (SSSR count). The van der Waals surface area contributed by atoms with Gasteiger partial charge in [-0.3, -0.25) is 0 Å². The number of rotatable bonds is 4. The van der Waals surface area contributed by atoms with Crippen LogP contribution in [0.25, 0.3) is 21.9 Å². The van der Waals surface area contributed by atoms with Crippen LogP contribution in [0.3, 0.4) is 0 Å². The highest BCUT2D eigenvalue weighted by molar-refractivity contribution is 7.99. The maximum absolute atomic E-state index is 2.67. The molecule has 2 bridgehead atoms. The fourth-order valence-corrected chi connectivity index (χ4v) is 15.0. The fraction of sp³-hybridized carbons (Fsp3) is 0.346. The Balaban J connectivity index is 1.09. The molecule has 6 atom stereocenters. The normalized spacial score (nSPS) is 29.8. The molecule has 54 heavy (non-hydrogen) atoms. The number of fused-ring (bicyclic) bond motifs is 9. The maximum Gasteiger partial charge on any atom is 0.0514 e.